The molecule has 3 N–H and O–H groups in total. The molecule has 0 aliphatic rings. The van der Waals surface area contributed by atoms with Crippen LogP contribution in [0.1, 0.15) is 43.0 Å². The predicted molar refractivity (Wildman–Crippen MR) is 92.3 cm³/mol. The Kier molecular flexibility index (Phi) is 7.56. The lowest BCUT2D eigenvalue weighted by molar-refractivity contribution is -0.119. The highest BCUT2D eigenvalue weighted by Crippen LogP contribution is 2.19. The number of carbonyl (C=O) groups excluding carboxylic acids is 2. The summed E-state index contributed by atoms with van der Waals surface area (Å²) in [5, 5.41) is 14.2. The molecule has 0 heterocycles. The second-order valence-corrected chi connectivity index (χ2v) is 7.68. The van der Waals surface area contributed by atoms with Crippen LogP contribution in [-0.2, 0) is 19.4 Å². The van der Waals surface area contributed by atoms with Crippen molar-refractivity contribution < 1.29 is 27.9 Å². The van der Waals surface area contributed by atoms with Crippen molar-refractivity contribution in [1.29, 1.82) is 0 Å². The van der Waals surface area contributed by atoms with Crippen LogP contribution < -0.4 is 10.6 Å². The Labute approximate surface area is 146 Å². The monoisotopic (exact) mass is 370 g/mol. The van der Waals surface area contributed by atoms with Crippen molar-refractivity contribution in [3.8, 4) is 0 Å². The molecule has 0 saturated carbocycles. The summed E-state index contributed by atoms with van der Waals surface area (Å²) in [5.41, 5.74) is -0.0860. The highest BCUT2D eigenvalue weighted by Gasteiger charge is 2.14. The van der Waals surface area contributed by atoms with E-state index < -0.39 is 15.8 Å². The highest BCUT2D eigenvalue weighted by molar-refractivity contribution is 7.90. The molecule has 0 radical (unpaired) electrons. The van der Waals surface area contributed by atoms with Crippen molar-refractivity contribution in [3.05, 3.63) is 23.8 Å². The van der Waals surface area contributed by atoms with Crippen LogP contribution in [0.15, 0.2) is 23.1 Å². The third kappa shape index (κ3) is 7.79. The van der Waals surface area contributed by atoms with Crippen molar-refractivity contribution in [1.82, 2.24) is 5.32 Å². The van der Waals surface area contributed by atoms with Gasteiger partial charge >= 0.3 is 5.97 Å². The van der Waals surface area contributed by atoms with E-state index in [1.54, 1.807) is 0 Å². The fraction of sp³-hybridized carbons (Fsp3) is 0.438. The number of carboxylic acids is 1. The first kappa shape index (κ1) is 20.6. The van der Waals surface area contributed by atoms with E-state index in [-0.39, 0.29) is 34.4 Å². The van der Waals surface area contributed by atoms with E-state index in [0.717, 1.165) is 25.2 Å². The van der Waals surface area contributed by atoms with Gasteiger partial charge in [-0.15, -0.1) is 0 Å². The van der Waals surface area contributed by atoms with Crippen molar-refractivity contribution in [3.63, 3.8) is 0 Å². The first-order valence-electron chi connectivity index (χ1n) is 7.72. The summed E-state index contributed by atoms with van der Waals surface area (Å²) in [6.07, 6.45) is 3.28. The molecular formula is C16H22N2O6S. The Hall–Kier alpha value is -2.42. The van der Waals surface area contributed by atoms with Crippen LogP contribution in [0.4, 0.5) is 5.69 Å². The van der Waals surface area contributed by atoms with Crippen LogP contribution in [-0.4, -0.2) is 44.1 Å². The lowest BCUT2D eigenvalue weighted by Crippen LogP contribution is -2.20. The molecule has 8 nitrogen and oxygen atoms in total. The van der Waals surface area contributed by atoms with Crippen molar-refractivity contribution in [2.45, 2.75) is 37.5 Å². The fourth-order valence-electron chi connectivity index (χ4n) is 2.08. The molecular weight excluding hydrogens is 348 g/mol. The Morgan fingerprint density at radius 3 is 2.32 bits per heavy atom. The number of anilines is 1. The summed E-state index contributed by atoms with van der Waals surface area (Å²) in [6.45, 7) is 1.98. The molecule has 0 unspecified atom stereocenters. The average Bonchev–Trinajstić information content (AvgIpc) is 2.49. The molecule has 0 saturated heterocycles. The Morgan fingerprint density at radius 2 is 1.76 bits per heavy atom. The third-order valence-corrected chi connectivity index (χ3v) is 4.41. The molecule has 1 rings (SSSR count). The summed E-state index contributed by atoms with van der Waals surface area (Å²) < 4.78 is 23.3. The van der Waals surface area contributed by atoms with Gasteiger partial charge < -0.3 is 15.7 Å². The minimum Gasteiger partial charge on any atom is -0.478 e. The Balaban J connectivity index is 2.63. The quantitative estimate of drug-likeness (QED) is 0.564. The number of rotatable bonds is 9. The van der Waals surface area contributed by atoms with E-state index in [1.807, 2.05) is 0 Å². The van der Waals surface area contributed by atoms with Crippen molar-refractivity contribution in [2.75, 3.05) is 18.1 Å². The zero-order valence-corrected chi connectivity index (χ0v) is 15.0. The standard InChI is InChI=1S/C16H22N2O6S/c1-11(19)17-7-5-3-4-6-15(20)18-13-8-12(16(21)22)9-14(10-13)25(2,23)24/h8-10H,3-7H2,1-2H3,(H,17,19)(H,18,20)(H,21,22). The maximum absolute atomic E-state index is 11.9. The first-order valence-corrected chi connectivity index (χ1v) is 9.61. The van der Waals surface area contributed by atoms with E-state index in [4.69, 9.17) is 5.11 Å². The number of nitrogens with one attached hydrogen (secondary N) is 2. The molecule has 9 heteroatoms. The number of carboxylic acid groups (broad SMARTS) is 1. The van der Waals surface area contributed by atoms with Crippen LogP contribution in [0.25, 0.3) is 0 Å². The van der Waals surface area contributed by atoms with Gasteiger partial charge in [0.05, 0.1) is 10.5 Å². The topological polar surface area (TPSA) is 130 Å². The molecule has 0 spiro atoms. The first-order chi connectivity index (χ1) is 11.6. The average molecular weight is 370 g/mol. The van der Waals surface area contributed by atoms with E-state index in [2.05, 4.69) is 10.6 Å². The molecule has 0 fully saturated rings. The summed E-state index contributed by atoms with van der Waals surface area (Å²) in [6, 6.07) is 3.50. The molecule has 1 aromatic carbocycles. The number of unbranched alkanes of at least 4 members (excludes halogenated alkanes) is 2. The molecule has 1 aromatic rings. The largest absolute Gasteiger partial charge is 0.478 e. The van der Waals surface area contributed by atoms with E-state index in [0.29, 0.717) is 13.0 Å². The van der Waals surface area contributed by atoms with Gasteiger partial charge in [-0.3, -0.25) is 9.59 Å². The number of carbonyl (C=O) groups is 3. The van der Waals surface area contributed by atoms with Gasteiger partial charge in [0.2, 0.25) is 11.8 Å². The SMILES string of the molecule is CC(=O)NCCCCCC(=O)Nc1cc(C(=O)O)cc(S(C)(=O)=O)c1. The van der Waals surface area contributed by atoms with Gasteiger partial charge in [-0.25, -0.2) is 13.2 Å². The van der Waals surface area contributed by atoms with Crippen LogP contribution in [0, 0.1) is 0 Å². The number of benzene rings is 1. The van der Waals surface area contributed by atoms with E-state index in [1.165, 1.54) is 19.1 Å². The molecule has 0 aliphatic carbocycles. The van der Waals surface area contributed by atoms with Gasteiger partial charge in [0.15, 0.2) is 9.84 Å². The molecule has 0 atom stereocenters. The maximum Gasteiger partial charge on any atom is 0.335 e. The second kappa shape index (κ2) is 9.16. The normalized spacial score (nSPS) is 11.0. The van der Waals surface area contributed by atoms with E-state index >= 15 is 0 Å². The summed E-state index contributed by atoms with van der Waals surface area (Å²) in [7, 11) is -3.60. The number of sulfone groups is 1. The Bertz CT molecular complexity index is 758. The molecule has 0 aromatic heterocycles. The second-order valence-electron chi connectivity index (χ2n) is 5.67. The van der Waals surface area contributed by atoms with Gasteiger partial charge in [0, 0.05) is 31.8 Å². The number of aromatic carboxylic acids is 1. The van der Waals surface area contributed by atoms with Crippen LogP contribution in [0.5, 0.6) is 0 Å². The zero-order chi connectivity index (χ0) is 19.0. The summed E-state index contributed by atoms with van der Waals surface area (Å²) in [4.78, 5) is 33.6. The van der Waals surface area contributed by atoms with Gasteiger partial charge in [0.25, 0.3) is 0 Å². The third-order valence-electron chi connectivity index (χ3n) is 3.32. The summed E-state index contributed by atoms with van der Waals surface area (Å²) >= 11 is 0. The molecule has 25 heavy (non-hydrogen) atoms. The maximum atomic E-state index is 11.9. The van der Waals surface area contributed by atoms with E-state index in [9.17, 15) is 22.8 Å². The predicted octanol–water partition coefficient (Wildman–Crippen LogP) is 1.42. The minimum atomic E-state index is -3.60. The van der Waals surface area contributed by atoms with Gasteiger partial charge in [0.1, 0.15) is 0 Å². The molecule has 0 bridgehead atoms. The zero-order valence-electron chi connectivity index (χ0n) is 14.2. The van der Waals surface area contributed by atoms with Crippen LogP contribution in [0.2, 0.25) is 0 Å². The van der Waals surface area contributed by atoms with Crippen LogP contribution in [0.3, 0.4) is 0 Å². The minimum absolute atomic E-state index is 0.0993. The van der Waals surface area contributed by atoms with Gasteiger partial charge in [-0.05, 0) is 31.0 Å². The van der Waals surface area contributed by atoms with Gasteiger partial charge in [-0.2, -0.15) is 0 Å². The van der Waals surface area contributed by atoms with Crippen molar-refractivity contribution in [2.24, 2.45) is 0 Å². The molecule has 138 valence electrons. The van der Waals surface area contributed by atoms with Gasteiger partial charge in [-0.1, -0.05) is 6.42 Å². The molecule has 0 aliphatic heterocycles. The fourth-order valence-corrected chi connectivity index (χ4v) is 2.77. The highest BCUT2D eigenvalue weighted by atomic mass is 32.2. The lowest BCUT2D eigenvalue weighted by atomic mass is 10.1. The van der Waals surface area contributed by atoms with Crippen molar-refractivity contribution >= 4 is 33.3 Å². The van der Waals surface area contributed by atoms with Crippen LogP contribution >= 0.6 is 0 Å². The Morgan fingerprint density at radius 1 is 1.08 bits per heavy atom. The summed E-state index contributed by atoms with van der Waals surface area (Å²) in [5.74, 6) is -1.71. The molecule has 2 amide bonds. The number of hydrogen-bond donors (Lipinski definition) is 3. The smallest absolute Gasteiger partial charge is 0.335 e. The number of hydrogen-bond acceptors (Lipinski definition) is 5. The number of amides is 2. The lowest BCUT2D eigenvalue weighted by Gasteiger charge is -2.09.